The van der Waals surface area contributed by atoms with Crippen molar-refractivity contribution in [3.05, 3.63) is 53.1 Å². The lowest BCUT2D eigenvalue weighted by Crippen LogP contribution is -2.42. The number of alkyl halides is 3. The minimum atomic E-state index is -4.83. The van der Waals surface area contributed by atoms with Gasteiger partial charge in [-0.1, -0.05) is 12.0 Å². The summed E-state index contributed by atoms with van der Waals surface area (Å²) in [6.45, 7) is 2.77. The van der Waals surface area contributed by atoms with Crippen molar-refractivity contribution in [2.45, 2.75) is 44.9 Å². The molecular formula is C26H25F4N7O2. The first-order valence-electron chi connectivity index (χ1n) is 12.2. The third-order valence-corrected chi connectivity index (χ3v) is 7.42. The largest absolute Gasteiger partial charge is 0.419 e. The highest BCUT2D eigenvalue weighted by atomic mass is 19.4. The minimum absolute atomic E-state index is 0.0260. The Kier molecular flexibility index (Phi) is 6.36. The fourth-order valence-electron chi connectivity index (χ4n) is 5.56. The van der Waals surface area contributed by atoms with Gasteiger partial charge in [0, 0.05) is 24.8 Å². The van der Waals surface area contributed by atoms with Crippen molar-refractivity contribution in [3.63, 3.8) is 0 Å². The molecule has 0 radical (unpaired) electrons. The lowest BCUT2D eigenvalue weighted by atomic mass is 9.65. The maximum atomic E-state index is 13.6. The van der Waals surface area contributed by atoms with E-state index in [2.05, 4.69) is 22.0 Å². The SMILES string of the molecule is CC#CC(=O)N1CCC2(CC(n3nc(-c4cnn(Cc5ccc(F)c(C(F)(F)F)c5)c4)c(C(N)=O)c3N)C2)C1. The molecule has 13 heteroatoms. The molecule has 1 spiro atoms. The molecule has 0 atom stereocenters. The van der Waals surface area contributed by atoms with Crippen LogP contribution in [0.5, 0.6) is 0 Å². The van der Waals surface area contributed by atoms with E-state index in [-0.39, 0.29) is 46.5 Å². The molecule has 1 aromatic carbocycles. The molecule has 4 N–H and O–H groups in total. The summed E-state index contributed by atoms with van der Waals surface area (Å²) in [6, 6.07) is 2.64. The molecule has 2 aliphatic rings. The number of likely N-dealkylation sites (tertiary alicyclic amines) is 1. The van der Waals surface area contributed by atoms with Crippen molar-refractivity contribution in [1.82, 2.24) is 24.5 Å². The fourth-order valence-corrected chi connectivity index (χ4v) is 5.56. The Morgan fingerprint density at radius 2 is 2.00 bits per heavy atom. The summed E-state index contributed by atoms with van der Waals surface area (Å²) in [4.78, 5) is 26.2. The van der Waals surface area contributed by atoms with Crippen LogP contribution in [0.4, 0.5) is 23.4 Å². The molecule has 1 saturated carbocycles. The molecule has 2 aromatic heterocycles. The molecule has 3 heterocycles. The standard InChI is InChI=1S/C26H25F4N7O2/c1-2-3-20(38)35-7-6-25(14-35)9-17(10-25)37-23(31)21(24(32)39)22(34-37)16-11-33-36(13-16)12-15-4-5-19(27)18(8-15)26(28,29)30/h4-5,8,11,13,17H,6-7,9-10,12,14,31H2,1H3,(H2,32,39). The summed E-state index contributed by atoms with van der Waals surface area (Å²) in [5.74, 6) is 2.98. The van der Waals surface area contributed by atoms with Gasteiger partial charge in [-0.15, -0.1) is 0 Å². The average Bonchev–Trinajstić information content (AvgIpc) is 3.56. The van der Waals surface area contributed by atoms with Gasteiger partial charge < -0.3 is 16.4 Å². The van der Waals surface area contributed by atoms with Crippen LogP contribution >= 0.6 is 0 Å². The van der Waals surface area contributed by atoms with Crippen molar-refractivity contribution in [2.24, 2.45) is 11.1 Å². The lowest BCUT2D eigenvalue weighted by Gasteiger charge is -2.45. The molecule has 1 aliphatic carbocycles. The molecule has 5 rings (SSSR count). The highest BCUT2D eigenvalue weighted by Crippen LogP contribution is 2.54. The van der Waals surface area contributed by atoms with Gasteiger partial charge in [0.2, 0.25) is 0 Å². The van der Waals surface area contributed by atoms with E-state index in [1.807, 2.05) is 0 Å². The van der Waals surface area contributed by atoms with Gasteiger partial charge in [-0.25, -0.2) is 9.07 Å². The van der Waals surface area contributed by atoms with Crippen LogP contribution in [-0.4, -0.2) is 49.4 Å². The van der Waals surface area contributed by atoms with Gasteiger partial charge in [-0.2, -0.15) is 23.4 Å². The molecule has 3 aromatic rings. The Morgan fingerprint density at radius 3 is 2.67 bits per heavy atom. The van der Waals surface area contributed by atoms with Gasteiger partial charge in [0.1, 0.15) is 22.9 Å². The Labute approximate surface area is 220 Å². The van der Waals surface area contributed by atoms with Crippen LogP contribution in [-0.2, 0) is 17.5 Å². The topological polar surface area (TPSA) is 125 Å². The molecule has 2 fully saturated rings. The van der Waals surface area contributed by atoms with Gasteiger partial charge in [0.25, 0.3) is 11.8 Å². The maximum absolute atomic E-state index is 13.6. The van der Waals surface area contributed by atoms with Crippen molar-refractivity contribution in [2.75, 3.05) is 18.8 Å². The number of nitrogens with two attached hydrogens (primary N) is 2. The number of benzene rings is 1. The van der Waals surface area contributed by atoms with Crippen LogP contribution in [0, 0.1) is 23.1 Å². The van der Waals surface area contributed by atoms with E-state index in [4.69, 9.17) is 11.5 Å². The normalized spacial score (nSPS) is 20.5. The summed E-state index contributed by atoms with van der Waals surface area (Å²) in [6.07, 6.45) is 0.350. The third kappa shape index (κ3) is 4.82. The maximum Gasteiger partial charge on any atom is 0.419 e. The molecule has 39 heavy (non-hydrogen) atoms. The molecule has 0 unspecified atom stereocenters. The summed E-state index contributed by atoms with van der Waals surface area (Å²) >= 11 is 0. The van der Waals surface area contributed by atoms with Crippen LogP contribution in [0.15, 0.2) is 30.6 Å². The van der Waals surface area contributed by atoms with Gasteiger partial charge >= 0.3 is 6.18 Å². The second kappa shape index (κ2) is 9.44. The number of hydrogen-bond acceptors (Lipinski definition) is 5. The molecule has 1 saturated heterocycles. The number of aromatic nitrogens is 4. The molecule has 9 nitrogen and oxygen atoms in total. The minimum Gasteiger partial charge on any atom is -0.383 e. The predicted molar refractivity (Wildman–Crippen MR) is 132 cm³/mol. The van der Waals surface area contributed by atoms with Crippen LogP contribution in [0.25, 0.3) is 11.3 Å². The lowest BCUT2D eigenvalue weighted by molar-refractivity contribution is -0.140. The predicted octanol–water partition coefficient (Wildman–Crippen LogP) is 3.21. The molecule has 2 amide bonds. The summed E-state index contributed by atoms with van der Waals surface area (Å²) < 4.78 is 55.8. The molecular weight excluding hydrogens is 518 g/mol. The zero-order valence-corrected chi connectivity index (χ0v) is 20.9. The van der Waals surface area contributed by atoms with Gasteiger partial charge in [-0.3, -0.25) is 14.3 Å². The van der Waals surface area contributed by atoms with Crippen LogP contribution in [0.2, 0.25) is 0 Å². The monoisotopic (exact) mass is 543 g/mol. The highest BCUT2D eigenvalue weighted by molar-refractivity contribution is 6.03. The van der Waals surface area contributed by atoms with E-state index in [1.54, 1.807) is 16.5 Å². The zero-order chi connectivity index (χ0) is 28.1. The van der Waals surface area contributed by atoms with E-state index in [0.29, 0.717) is 31.5 Å². The summed E-state index contributed by atoms with van der Waals surface area (Å²) in [5, 5.41) is 8.75. The zero-order valence-electron chi connectivity index (χ0n) is 20.9. The number of nitrogens with zero attached hydrogens (tertiary/aromatic N) is 5. The number of halogens is 4. The highest BCUT2D eigenvalue weighted by Gasteiger charge is 2.51. The van der Waals surface area contributed by atoms with Crippen molar-refractivity contribution in [1.29, 1.82) is 0 Å². The quantitative estimate of drug-likeness (QED) is 0.378. The average molecular weight is 544 g/mol. The first-order chi connectivity index (χ1) is 18.4. The number of hydrogen-bond donors (Lipinski definition) is 2. The number of anilines is 1. The number of amides is 2. The molecule has 204 valence electrons. The van der Waals surface area contributed by atoms with Crippen LogP contribution in [0.3, 0.4) is 0 Å². The van der Waals surface area contributed by atoms with E-state index in [0.717, 1.165) is 18.6 Å². The Bertz CT molecular complexity index is 1520. The number of primary amides is 1. The number of carbonyl (C=O) groups is 2. The molecule has 0 bridgehead atoms. The van der Waals surface area contributed by atoms with E-state index >= 15 is 0 Å². The van der Waals surface area contributed by atoms with Gasteiger partial charge in [0.15, 0.2) is 0 Å². The third-order valence-electron chi connectivity index (χ3n) is 7.42. The number of rotatable bonds is 5. The second-order valence-corrected chi connectivity index (χ2v) is 10.1. The van der Waals surface area contributed by atoms with E-state index < -0.39 is 23.5 Å². The van der Waals surface area contributed by atoms with E-state index in [1.165, 1.54) is 23.1 Å². The van der Waals surface area contributed by atoms with Crippen molar-refractivity contribution < 1.29 is 27.2 Å². The van der Waals surface area contributed by atoms with Gasteiger partial charge in [0.05, 0.1) is 24.3 Å². The summed E-state index contributed by atoms with van der Waals surface area (Å²) in [5.41, 5.74) is 11.3. The van der Waals surface area contributed by atoms with Gasteiger partial charge in [-0.05, 0) is 55.2 Å². The fraction of sp³-hybridized carbons (Fsp3) is 0.385. The Balaban J connectivity index is 1.36. The first-order valence-corrected chi connectivity index (χ1v) is 12.2. The van der Waals surface area contributed by atoms with Crippen LogP contribution in [0.1, 0.15) is 53.7 Å². The second-order valence-electron chi connectivity index (χ2n) is 10.1. The van der Waals surface area contributed by atoms with Crippen molar-refractivity contribution in [3.8, 4) is 23.1 Å². The first kappa shape index (κ1) is 26.3. The Morgan fingerprint density at radius 1 is 1.26 bits per heavy atom. The van der Waals surface area contributed by atoms with Crippen molar-refractivity contribution >= 4 is 17.6 Å². The molecule has 1 aliphatic heterocycles. The summed E-state index contributed by atoms with van der Waals surface area (Å²) in [7, 11) is 0. The van der Waals surface area contributed by atoms with E-state index in [9.17, 15) is 27.2 Å². The smallest absolute Gasteiger partial charge is 0.383 e. The van der Waals surface area contributed by atoms with Crippen LogP contribution < -0.4 is 11.5 Å². The number of carbonyl (C=O) groups excluding carboxylic acids is 2. The Hall–Kier alpha value is -4.34. The number of nitrogen functional groups attached to an aromatic ring is 1.